The molecule has 32 heavy (non-hydrogen) atoms. The van der Waals surface area contributed by atoms with Crippen LogP contribution in [-0.4, -0.2) is 44.9 Å². The van der Waals surface area contributed by atoms with Gasteiger partial charge in [-0.1, -0.05) is 42.5 Å². The zero-order valence-electron chi connectivity index (χ0n) is 18.4. The van der Waals surface area contributed by atoms with Crippen molar-refractivity contribution in [2.75, 3.05) is 11.9 Å². The second-order valence-corrected chi connectivity index (χ2v) is 9.68. The van der Waals surface area contributed by atoms with E-state index in [1.54, 1.807) is 23.1 Å². The molecular weight excluding hydrogens is 447 g/mol. The van der Waals surface area contributed by atoms with E-state index in [-0.39, 0.29) is 30.6 Å². The van der Waals surface area contributed by atoms with Gasteiger partial charge in [0, 0.05) is 36.0 Å². The molecule has 0 saturated heterocycles. The van der Waals surface area contributed by atoms with Crippen LogP contribution in [0, 0.1) is 0 Å². The van der Waals surface area contributed by atoms with Crippen molar-refractivity contribution in [1.82, 2.24) is 14.4 Å². The van der Waals surface area contributed by atoms with E-state index in [1.165, 1.54) is 6.42 Å². The van der Waals surface area contributed by atoms with Gasteiger partial charge in [0.2, 0.25) is 5.91 Å². The summed E-state index contributed by atoms with van der Waals surface area (Å²) in [7, 11) is 1.99. The summed E-state index contributed by atoms with van der Waals surface area (Å²) >= 11 is 12.3. The predicted molar refractivity (Wildman–Crippen MR) is 128 cm³/mol. The summed E-state index contributed by atoms with van der Waals surface area (Å²) in [5.41, 5.74) is 1.59. The number of hydrogen-bond acceptors (Lipinski definition) is 2. The van der Waals surface area contributed by atoms with Crippen LogP contribution in [0.5, 0.6) is 0 Å². The SMILES string of the molecule is Cn1cccc1CN(C(=O)CN(C(=O)Nc1ccc(Cl)cc1Cl)C1CCCCC1)C1CC1. The van der Waals surface area contributed by atoms with Gasteiger partial charge < -0.3 is 19.7 Å². The minimum absolute atomic E-state index is 0.00312. The van der Waals surface area contributed by atoms with Crippen molar-refractivity contribution in [2.45, 2.75) is 63.6 Å². The van der Waals surface area contributed by atoms with Crippen LogP contribution >= 0.6 is 23.2 Å². The molecule has 0 spiro atoms. The second kappa shape index (κ2) is 10.2. The smallest absolute Gasteiger partial charge is 0.322 e. The molecule has 1 N–H and O–H groups in total. The monoisotopic (exact) mass is 476 g/mol. The van der Waals surface area contributed by atoms with Crippen molar-refractivity contribution in [3.8, 4) is 0 Å². The van der Waals surface area contributed by atoms with Crippen molar-refractivity contribution in [1.29, 1.82) is 0 Å². The molecule has 4 rings (SSSR count). The molecule has 8 heteroatoms. The van der Waals surface area contributed by atoms with Crippen LogP contribution in [0.4, 0.5) is 10.5 Å². The van der Waals surface area contributed by atoms with E-state index in [4.69, 9.17) is 23.2 Å². The van der Waals surface area contributed by atoms with Crippen LogP contribution in [-0.2, 0) is 18.4 Å². The van der Waals surface area contributed by atoms with Crippen molar-refractivity contribution in [3.05, 3.63) is 52.3 Å². The quantitative estimate of drug-likeness (QED) is 0.557. The Morgan fingerprint density at radius 3 is 2.38 bits per heavy atom. The maximum absolute atomic E-state index is 13.4. The molecule has 3 amide bonds. The average Bonchev–Trinajstić information content (AvgIpc) is 3.54. The molecule has 0 unspecified atom stereocenters. The highest BCUT2D eigenvalue weighted by Crippen LogP contribution is 2.30. The third-order valence-corrected chi connectivity index (χ3v) is 6.99. The Labute approximate surface area is 199 Å². The molecule has 2 aliphatic carbocycles. The van der Waals surface area contributed by atoms with E-state index in [2.05, 4.69) is 5.32 Å². The van der Waals surface area contributed by atoms with Crippen LogP contribution in [0.2, 0.25) is 10.0 Å². The number of benzene rings is 1. The Morgan fingerprint density at radius 2 is 1.75 bits per heavy atom. The number of nitrogens with one attached hydrogen (secondary N) is 1. The molecule has 2 saturated carbocycles. The topological polar surface area (TPSA) is 57.6 Å². The van der Waals surface area contributed by atoms with E-state index in [0.29, 0.717) is 22.3 Å². The number of halogens is 2. The number of nitrogens with zero attached hydrogens (tertiary/aromatic N) is 3. The maximum atomic E-state index is 13.4. The Morgan fingerprint density at radius 1 is 1.03 bits per heavy atom. The molecule has 1 heterocycles. The molecule has 6 nitrogen and oxygen atoms in total. The number of anilines is 1. The number of hydrogen-bond donors (Lipinski definition) is 1. The van der Waals surface area contributed by atoms with E-state index in [0.717, 1.165) is 44.2 Å². The lowest BCUT2D eigenvalue weighted by atomic mass is 9.94. The first-order valence-corrected chi connectivity index (χ1v) is 12.1. The van der Waals surface area contributed by atoms with Gasteiger partial charge in [0.15, 0.2) is 0 Å². The fourth-order valence-electron chi connectivity index (χ4n) is 4.42. The van der Waals surface area contributed by atoms with Crippen LogP contribution < -0.4 is 5.32 Å². The summed E-state index contributed by atoms with van der Waals surface area (Å²) in [6.07, 6.45) is 9.16. The summed E-state index contributed by atoms with van der Waals surface area (Å²) in [5.74, 6) is -0.00312. The lowest BCUT2D eigenvalue weighted by molar-refractivity contribution is -0.133. The van der Waals surface area contributed by atoms with Gasteiger partial charge in [-0.2, -0.15) is 0 Å². The molecule has 1 aromatic carbocycles. The average molecular weight is 477 g/mol. The van der Waals surface area contributed by atoms with Crippen molar-refractivity contribution < 1.29 is 9.59 Å². The van der Waals surface area contributed by atoms with Gasteiger partial charge in [-0.05, 0) is 56.0 Å². The number of urea groups is 1. The summed E-state index contributed by atoms with van der Waals surface area (Å²) in [4.78, 5) is 30.4. The van der Waals surface area contributed by atoms with E-state index in [9.17, 15) is 9.59 Å². The first kappa shape index (κ1) is 23.0. The highest BCUT2D eigenvalue weighted by molar-refractivity contribution is 6.36. The number of aryl methyl sites for hydroxylation is 1. The maximum Gasteiger partial charge on any atom is 0.322 e. The number of amides is 3. The molecule has 0 bridgehead atoms. The minimum atomic E-state index is -0.288. The van der Waals surface area contributed by atoms with Gasteiger partial charge in [-0.3, -0.25) is 4.79 Å². The number of carbonyl (C=O) groups excluding carboxylic acids is 2. The second-order valence-electron chi connectivity index (χ2n) is 8.84. The molecule has 2 aromatic rings. The zero-order chi connectivity index (χ0) is 22.7. The highest BCUT2D eigenvalue weighted by atomic mass is 35.5. The molecule has 2 fully saturated rings. The molecule has 1 aromatic heterocycles. The first-order chi connectivity index (χ1) is 15.4. The van der Waals surface area contributed by atoms with Gasteiger partial charge in [0.05, 0.1) is 17.3 Å². The Bertz CT molecular complexity index is 967. The van der Waals surface area contributed by atoms with Crippen LogP contribution in [0.3, 0.4) is 0 Å². The number of aromatic nitrogens is 1. The Balaban J connectivity index is 1.50. The van der Waals surface area contributed by atoms with Gasteiger partial charge >= 0.3 is 6.03 Å². The fraction of sp³-hybridized carbons (Fsp3) is 0.500. The Hall–Kier alpha value is -2.18. The van der Waals surface area contributed by atoms with Crippen molar-refractivity contribution in [3.63, 3.8) is 0 Å². The Kier molecular flexibility index (Phi) is 7.31. The predicted octanol–water partition coefficient (Wildman–Crippen LogP) is 5.69. The third-order valence-electron chi connectivity index (χ3n) is 6.45. The fourth-order valence-corrected chi connectivity index (χ4v) is 4.87. The number of rotatable bonds is 7. The van der Waals surface area contributed by atoms with Crippen molar-refractivity contribution in [2.24, 2.45) is 7.05 Å². The van der Waals surface area contributed by atoms with Crippen LogP contribution in [0.1, 0.15) is 50.6 Å². The summed E-state index contributed by atoms with van der Waals surface area (Å²) < 4.78 is 2.04. The molecule has 2 aliphatic rings. The first-order valence-electron chi connectivity index (χ1n) is 11.3. The third kappa shape index (κ3) is 5.59. The molecule has 0 atom stereocenters. The molecule has 0 radical (unpaired) electrons. The normalized spacial score (nSPS) is 16.6. The lowest BCUT2D eigenvalue weighted by Crippen LogP contribution is -2.50. The standard InChI is InChI=1S/C24H30Cl2N4O2/c1-28-13-5-8-20(28)15-29(19-10-11-19)23(31)16-30(18-6-3-2-4-7-18)24(32)27-22-12-9-17(25)14-21(22)26/h5,8-9,12-14,18-19H,2-4,6-7,10-11,15-16H2,1H3,(H,27,32). The highest BCUT2D eigenvalue weighted by Gasteiger charge is 2.36. The lowest BCUT2D eigenvalue weighted by Gasteiger charge is -2.35. The van der Waals surface area contributed by atoms with Crippen LogP contribution in [0.25, 0.3) is 0 Å². The summed E-state index contributed by atoms with van der Waals surface area (Å²) in [6.45, 7) is 0.638. The van der Waals surface area contributed by atoms with Gasteiger partial charge in [0.25, 0.3) is 0 Å². The van der Waals surface area contributed by atoms with E-state index < -0.39 is 0 Å². The number of carbonyl (C=O) groups is 2. The molecule has 0 aliphatic heterocycles. The van der Waals surface area contributed by atoms with Gasteiger partial charge in [-0.25, -0.2) is 4.79 Å². The van der Waals surface area contributed by atoms with Crippen molar-refractivity contribution >= 4 is 40.8 Å². The van der Waals surface area contributed by atoms with Gasteiger partial charge in [-0.15, -0.1) is 0 Å². The zero-order valence-corrected chi connectivity index (χ0v) is 19.9. The van der Waals surface area contributed by atoms with Crippen LogP contribution in [0.15, 0.2) is 36.5 Å². The molecule has 172 valence electrons. The van der Waals surface area contributed by atoms with Gasteiger partial charge in [0.1, 0.15) is 6.54 Å². The largest absolute Gasteiger partial charge is 0.353 e. The molecular formula is C24H30Cl2N4O2. The van der Waals surface area contributed by atoms with E-state index in [1.807, 2.05) is 34.8 Å². The minimum Gasteiger partial charge on any atom is -0.353 e. The summed E-state index contributed by atoms with van der Waals surface area (Å²) in [5, 5.41) is 3.79. The summed E-state index contributed by atoms with van der Waals surface area (Å²) in [6, 6.07) is 9.03. The van der Waals surface area contributed by atoms with E-state index >= 15 is 0 Å².